The summed E-state index contributed by atoms with van der Waals surface area (Å²) in [6.07, 6.45) is 0.730. The summed E-state index contributed by atoms with van der Waals surface area (Å²) in [4.78, 5) is 22.0. The molecule has 22 heavy (non-hydrogen) atoms. The zero-order valence-electron chi connectivity index (χ0n) is 11.8. The van der Waals surface area contributed by atoms with Crippen LogP contribution in [0.15, 0.2) is 40.9 Å². The highest BCUT2D eigenvalue weighted by molar-refractivity contribution is 9.10. The van der Waals surface area contributed by atoms with Gasteiger partial charge in [0.05, 0.1) is 11.6 Å². The van der Waals surface area contributed by atoms with Crippen LogP contribution >= 0.6 is 15.9 Å². The maximum atomic E-state index is 11.2. The molecule has 0 bridgehead atoms. The Balaban J connectivity index is 2.23. The predicted octanol–water partition coefficient (Wildman–Crippen LogP) is 2.95. The molecule has 6 heteroatoms. The van der Waals surface area contributed by atoms with Crippen molar-refractivity contribution in [1.82, 2.24) is 0 Å². The number of rotatable bonds is 6. The minimum atomic E-state index is -0.490. The van der Waals surface area contributed by atoms with Crippen LogP contribution in [-0.4, -0.2) is 19.3 Å². The van der Waals surface area contributed by atoms with Crippen LogP contribution in [0.25, 0.3) is 0 Å². The third-order valence-corrected chi connectivity index (χ3v) is 3.57. The molecule has 0 saturated heterocycles. The molecule has 0 saturated carbocycles. The Morgan fingerprint density at radius 2 is 2.09 bits per heavy atom. The SMILES string of the molecule is COc1cc(C=O)cc(Br)c1OCc1cccc(C(N)=O)c1. The lowest BCUT2D eigenvalue weighted by Gasteiger charge is -2.13. The number of carbonyl (C=O) groups excluding carboxylic acids is 2. The van der Waals surface area contributed by atoms with Gasteiger partial charge in [-0.05, 0) is 45.8 Å². The van der Waals surface area contributed by atoms with Gasteiger partial charge in [0.2, 0.25) is 5.91 Å². The first kappa shape index (κ1) is 16.0. The molecule has 2 aromatic carbocycles. The van der Waals surface area contributed by atoms with E-state index in [4.69, 9.17) is 15.2 Å². The summed E-state index contributed by atoms with van der Waals surface area (Å²) in [6.45, 7) is 0.233. The van der Waals surface area contributed by atoms with Gasteiger partial charge >= 0.3 is 0 Å². The largest absolute Gasteiger partial charge is 0.493 e. The van der Waals surface area contributed by atoms with Crippen LogP contribution in [0.3, 0.4) is 0 Å². The highest BCUT2D eigenvalue weighted by Gasteiger charge is 2.12. The molecule has 0 unspecified atom stereocenters. The number of hydrogen-bond acceptors (Lipinski definition) is 4. The minimum Gasteiger partial charge on any atom is -0.493 e. The second-order valence-corrected chi connectivity index (χ2v) is 5.36. The summed E-state index contributed by atoms with van der Waals surface area (Å²) < 4.78 is 11.6. The zero-order valence-corrected chi connectivity index (χ0v) is 13.4. The fraction of sp³-hybridized carbons (Fsp3) is 0.125. The highest BCUT2D eigenvalue weighted by atomic mass is 79.9. The van der Waals surface area contributed by atoms with Gasteiger partial charge in [0.1, 0.15) is 12.9 Å². The van der Waals surface area contributed by atoms with Crippen LogP contribution in [0.1, 0.15) is 26.3 Å². The Bertz CT molecular complexity index is 715. The molecule has 0 aliphatic rings. The first-order chi connectivity index (χ1) is 10.5. The molecule has 0 aliphatic carbocycles. The molecule has 0 fully saturated rings. The summed E-state index contributed by atoms with van der Waals surface area (Å²) in [5, 5.41) is 0. The van der Waals surface area contributed by atoms with E-state index in [1.54, 1.807) is 30.3 Å². The molecular weight excluding hydrogens is 350 g/mol. The lowest BCUT2D eigenvalue weighted by molar-refractivity contribution is 0.0999. The number of nitrogens with two attached hydrogens (primary N) is 1. The highest BCUT2D eigenvalue weighted by Crippen LogP contribution is 2.36. The van der Waals surface area contributed by atoms with Gasteiger partial charge in [0.15, 0.2) is 11.5 Å². The number of amides is 1. The summed E-state index contributed by atoms with van der Waals surface area (Å²) in [5.74, 6) is 0.441. The lowest BCUT2D eigenvalue weighted by atomic mass is 10.1. The van der Waals surface area contributed by atoms with Gasteiger partial charge in [-0.15, -0.1) is 0 Å². The lowest BCUT2D eigenvalue weighted by Crippen LogP contribution is -2.11. The number of hydrogen-bond donors (Lipinski definition) is 1. The van der Waals surface area contributed by atoms with Crippen molar-refractivity contribution in [3.63, 3.8) is 0 Å². The molecule has 0 aliphatic heterocycles. The van der Waals surface area contributed by atoms with Crippen molar-refractivity contribution >= 4 is 28.1 Å². The Kier molecular flexibility index (Phi) is 5.16. The summed E-state index contributed by atoms with van der Waals surface area (Å²) in [6, 6.07) is 10.1. The average Bonchev–Trinajstić information content (AvgIpc) is 2.53. The smallest absolute Gasteiger partial charge is 0.248 e. The summed E-state index contributed by atoms with van der Waals surface area (Å²) in [7, 11) is 1.50. The topological polar surface area (TPSA) is 78.6 Å². The molecule has 0 radical (unpaired) electrons. The Labute approximate surface area is 136 Å². The van der Waals surface area contributed by atoms with Crippen LogP contribution in [0.2, 0.25) is 0 Å². The number of benzene rings is 2. The molecule has 2 N–H and O–H groups in total. The van der Waals surface area contributed by atoms with Crippen LogP contribution in [-0.2, 0) is 6.61 Å². The van der Waals surface area contributed by atoms with Crippen molar-refractivity contribution in [2.24, 2.45) is 5.73 Å². The number of methoxy groups -OCH3 is 1. The first-order valence-electron chi connectivity index (χ1n) is 6.39. The molecule has 0 aromatic heterocycles. The monoisotopic (exact) mass is 363 g/mol. The molecule has 1 amide bonds. The van der Waals surface area contributed by atoms with Crippen LogP contribution in [0.5, 0.6) is 11.5 Å². The van der Waals surface area contributed by atoms with Gasteiger partial charge in [-0.1, -0.05) is 12.1 Å². The number of ether oxygens (including phenoxy) is 2. The van der Waals surface area contributed by atoms with Crippen molar-refractivity contribution in [2.45, 2.75) is 6.61 Å². The number of halogens is 1. The fourth-order valence-corrected chi connectivity index (χ4v) is 2.49. The third-order valence-electron chi connectivity index (χ3n) is 2.98. The maximum absolute atomic E-state index is 11.2. The minimum absolute atomic E-state index is 0.233. The van der Waals surface area contributed by atoms with Crippen molar-refractivity contribution in [2.75, 3.05) is 7.11 Å². The standard InChI is InChI=1S/C16H14BrNO4/c1-21-14-7-11(8-19)6-13(17)15(14)22-9-10-3-2-4-12(5-10)16(18)20/h2-8H,9H2,1H3,(H2,18,20). The average molecular weight is 364 g/mol. The van der Waals surface area contributed by atoms with Gasteiger partial charge in [-0.3, -0.25) is 9.59 Å². The maximum Gasteiger partial charge on any atom is 0.248 e. The zero-order chi connectivity index (χ0) is 16.1. The number of primary amides is 1. The second-order valence-electron chi connectivity index (χ2n) is 4.51. The van der Waals surface area contributed by atoms with E-state index in [0.29, 0.717) is 27.1 Å². The van der Waals surface area contributed by atoms with Crippen LogP contribution < -0.4 is 15.2 Å². The van der Waals surface area contributed by atoms with E-state index in [0.717, 1.165) is 11.8 Å². The van der Waals surface area contributed by atoms with Crippen LogP contribution in [0, 0.1) is 0 Å². The molecule has 5 nitrogen and oxygen atoms in total. The number of carbonyl (C=O) groups is 2. The number of aldehydes is 1. The van der Waals surface area contributed by atoms with E-state index in [9.17, 15) is 9.59 Å². The van der Waals surface area contributed by atoms with E-state index >= 15 is 0 Å². The Morgan fingerprint density at radius 3 is 2.73 bits per heavy atom. The normalized spacial score (nSPS) is 10.1. The van der Waals surface area contributed by atoms with Crippen molar-refractivity contribution in [3.05, 3.63) is 57.6 Å². The fourth-order valence-electron chi connectivity index (χ4n) is 1.92. The second kappa shape index (κ2) is 7.09. The van der Waals surface area contributed by atoms with Gasteiger partial charge in [-0.25, -0.2) is 0 Å². The van der Waals surface area contributed by atoms with Gasteiger partial charge in [0, 0.05) is 11.1 Å². The molecule has 2 aromatic rings. The summed E-state index contributed by atoms with van der Waals surface area (Å²) >= 11 is 3.35. The van der Waals surface area contributed by atoms with Gasteiger partial charge < -0.3 is 15.2 Å². The molecule has 0 spiro atoms. The molecule has 114 valence electrons. The molecular formula is C16H14BrNO4. The Morgan fingerprint density at radius 1 is 1.32 bits per heavy atom. The van der Waals surface area contributed by atoms with E-state index in [2.05, 4.69) is 15.9 Å². The quantitative estimate of drug-likeness (QED) is 0.800. The molecule has 0 heterocycles. The van der Waals surface area contributed by atoms with E-state index in [1.165, 1.54) is 7.11 Å². The predicted molar refractivity (Wildman–Crippen MR) is 85.4 cm³/mol. The van der Waals surface area contributed by atoms with Crippen LogP contribution in [0.4, 0.5) is 0 Å². The third kappa shape index (κ3) is 3.65. The Hall–Kier alpha value is -2.34. The van der Waals surface area contributed by atoms with Gasteiger partial charge in [0.25, 0.3) is 0 Å². The molecule has 2 rings (SSSR count). The van der Waals surface area contributed by atoms with Gasteiger partial charge in [-0.2, -0.15) is 0 Å². The molecule has 0 atom stereocenters. The van der Waals surface area contributed by atoms with Crippen molar-refractivity contribution in [1.29, 1.82) is 0 Å². The van der Waals surface area contributed by atoms with E-state index in [1.807, 2.05) is 6.07 Å². The van der Waals surface area contributed by atoms with Crippen molar-refractivity contribution in [3.8, 4) is 11.5 Å². The first-order valence-corrected chi connectivity index (χ1v) is 7.18. The van der Waals surface area contributed by atoms with E-state index < -0.39 is 5.91 Å². The van der Waals surface area contributed by atoms with Crippen molar-refractivity contribution < 1.29 is 19.1 Å². The summed E-state index contributed by atoms with van der Waals surface area (Å²) in [5.41, 5.74) is 6.95. The van der Waals surface area contributed by atoms with E-state index in [-0.39, 0.29) is 6.61 Å².